The molecule has 7 nitrogen and oxygen atoms in total. The molecule has 2 N–H and O–H groups in total. The van der Waals surface area contributed by atoms with E-state index >= 15 is 0 Å². The van der Waals surface area contributed by atoms with E-state index in [1.807, 2.05) is 32.0 Å². The van der Waals surface area contributed by atoms with E-state index in [0.29, 0.717) is 23.7 Å². The van der Waals surface area contributed by atoms with Gasteiger partial charge in [-0.1, -0.05) is 6.07 Å². The molecule has 1 atom stereocenters. The van der Waals surface area contributed by atoms with Crippen molar-refractivity contribution in [2.24, 2.45) is 0 Å². The first-order chi connectivity index (χ1) is 13.4. The molecular weight excluding hydrogens is 358 g/mol. The Morgan fingerprint density at radius 1 is 1.04 bits per heavy atom. The maximum atomic E-state index is 12.5. The maximum Gasteiger partial charge on any atom is 0.319 e. The lowest BCUT2D eigenvalue weighted by atomic mass is 10.1. The number of nitrogens with one attached hydrogen (secondary N) is 2. The Kier molecular flexibility index (Phi) is 5.73. The summed E-state index contributed by atoms with van der Waals surface area (Å²) >= 11 is 0. The predicted octanol–water partition coefficient (Wildman–Crippen LogP) is 3.25. The number of methoxy groups -OCH3 is 2. The monoisotopic (exact) mass is 383 g/mol. The average molecular weight is 383 g/mol. The molecule has 0 unspecified atom stereocenters. The van der Waals surface area contributed by atoms with Gasteiger partial charge in [0.2, 0.25) is 5.91 Å². The van der Waals surface area contributed by atoms with Crippen LogP contribution in [0.3, 0.4) is 0 Å². The number of rotatable bonds is 5. The fourth-order valence-corrected chi connectivity index (χ4v) is 3.45. The van der Waals surface area contributed by atoms with E-state index in [1.54, 1.807) is 37.3 Å². The van der Waals surface area contributed by atoms with Crippen molar-refractivity contribution < 1.29 is 19.1 Å². The molecule has 1 heterocycles. The van der Waals surface area contributed by atoms with Crippen LogP contribution in [0.25, 0.3) is 0 Å². The van der Waals surface area contributed by atoms with Gasteiger partial charge in [-0.25, -0.2) is 4.79 Å². The third kappa shape index (κ3) is 4.36. The molecule has 1 saturated heterocycles. The molecule has 2 aromatic rings. The van der Waals surface area contributed by atoms with Crippen LogP contribution >= 0.6 is 0 Å². The van der Waals surface area contributed by atoms with Gasteiger partial charge in [-0.2, -0.15) is 0 Å². The van der Waals surface area contributed by atoms with Crippen LogP contribution in [0, 0.1) is 13.8 Å². The van der Waals surface area contributed by atoms with Crippen molar-refractivity contribution in [1.29, 1.82) is 0 Å². The van der Waals surface area contributed by atoms with Crippen LogP contribution in [0.4, 0.5) is 16.2 Å². The summed E-state index contributed by atoms with van der Waals surface area (Å²) in [5, 5.41) is 5.72. The Labute approximate surface area is 164 Å². The second-order valence-corrected chi connectivity index (χ2v) is 6.92. The van der Waals surface area contributed by atoms with Gasteiger partial charge in [0.15, 0.2) is 11.5 Å². The Morgan fingerprint density at radius 3 is 2.36 bits per heavy atom. The van der Waals surface area contributed by atoms with Crippen LogP contribution in [0.5, 0.6) is 11.5 Å². The van der Waals surface area contributed by atoms with Crippen LogP contribution in [-0.4, -0.2) is 38.7 Å². The summed E-state index contributed by atoms with van der Waals surface area (Å²) in [7, 11) is 3.11. The van der Waals surface area contributed by atoms with Crippen molar-refractivity contribution in [3.63, 3.8) is 0 Å². The molecule has 1 aliphatic heterocycles. The third-order valence-electron chi connectivity index (χ3n) is 4.62. The van der Waals surface area contributed by atoms with Gasteiger partial charge in [0, 0.05) is 30.4 Å². The molecule has 28 heavy (non-hydrogen) atoms. The van der Waals surface area contributed by atoms with E-state index < -0.39 is 0 Å². The van der Waals surface area contributed by atoms with Crippen LogP contribution in [0.1, 0.15) is 17.5 Å². The fraction of sp³-hybridized carbons (Fsp3) is 0.333. The van der Waals surface area contributed by atoms with Crippen molar-refractivity contribution in [3.8, 4) is 11.5 Å². The minimum atomic E-state index is -0.322. The lowest BCUT2D eigenvalue weighted by Gasteiger charge is -2.19. The molecule has 0 radical (unpaired) electrons. The number of hydrogen-bond acceptors (Lipinski definition) is 4. The highest BCUT2D eigenvalue weighted by atomic mass is 16.5. The molecule has 3 amide bonds. The number of aryl methyl sites for hydroxylation is 2. The summed E-state index contributed by atoms with van der Waals surface area (Å²) in [6, 6.07) is 10.6. The molecule has 0 aliphatic carbocycles. The highest BCUT2D eigenvalue weighted by Gasteiger charge is 2.32. The molecule has 1 fully saturated rings. The Balaban J connectivity index is 1.65. The number of nitrogens with zero attached hydrogens (tertiary/aromatic N) is 1. The van der Waals surface area contributed by atoms with E-state index in [0.717, 1.165) is 16.8 Å². The average Bonchev–Trinajstić information content (AvgIpc) is 3.00. The van der Waals surface area contributed by atoms with Crippen molar-refractivity contribution >= 4 is 23.3 Å². The molecule has 0 spiro atoms. The summed E-state index contributed by atoms with van der Waals surface area (Å²) in [4.78, 5) is 26.4. The van der Waals surface area contributed by atoms with Gasteiger partial charge in [0.1, 0.15) is 0 Å². The van der Waals surface area contributed by atoms with E-state index in [9.17, 15) is 9.59 Å². The number of amides is 3. The van der Waals surface area contributed by atoms with Crippen LogP contribution in [0.15, 0.2) is 36.4 Å². The lowest BCUT2D eigenvalue weighted by molar-refractivity contribution is -0.117. The second kappa shape index (κ2) is 8.21. The number of ether oxygens (including phenoxy) is 2. The molecule has 2 aromatic carbocycles. The number of anilines is 2. The third-order valence-corrected chi connectivity index (χ3v) is 4.62. The lowest BCUT2D eigenvalue weighted by Crippen LogP contribution is -2.39. The number of urea groups is 1. The number of hydrogen-bond donors (Lipinski definition) is 2. The highest BCUT2D eigenvalue weighted by molar-refractivity contribution is 5.98. The van der Waals surface area contributed by atoms with Crippen LogP contribution in [0.2, 0.25) is 0 Å². The molecule has 7 heteroatoms. The van der Waals surface area contributed by atoms with Crippen LogP contribution < -0.4 is 25.0 Å². The zero-order valence-corrected chi connectivity index (χ0v) is 16.5. The first-order valence-electron chi connectivity index (χ1n) is 9.08. The summed E-state index contributed by atoms with van der Waals surface area (Å²) < 4.78 is 10.5. The second-order valence-electron chi connectivity index (χ2n) is 6.92. The molecule has 0 saturated carbocycles. The Bertz CT molecular complexity index is 877. The molecule has 148 valence electrons. The fourth-order valence-electron chi connectivity index (χ4n) is 3.45. The van der Waals surface area contributed by atoms with Crippen molar-refractivity contribution in [2.75, 3.05) is 31.0 Å². The van der Waals surface area contributed by atoms with Gasteiger partial charge < -0.3 is 25.0 Å². The SMILES string of the molecule is COc1ccc(N2C[C@@H](NC(=O)Nc3cc(C)cc(C)c3)CC2=O)cc1OC. The van der Waals surface area contributed by atoms with Gasteiger partial charge in [-0.3, -0.25) is 4.79 Å². The van der Waals surface area contributed by atoms with Gasteiger partial charge in [-0.15, -0.1) is 0 Å². The molecule has 1 aliphatic rings. The smallest absolute Gasteiger partial charge is 0.319 e. The van der Waals surface area contributed by atoms with E-state index in [1.165, 1.54) is 0 Å². The molecule has 0 aromatic heterocycles. The quantitative estimate of drug-likeness (QED) is 0.831. The topological polar surface area (TPSA) is 79.9 Å². The summed E-state index contributed by atoms with van der Waals surface area (Å²) in [6.07, 6.45) is 0.245. The zero-order valence-electron chi connectivity index (χ0n) is 16.5. The number of benzene rings is 2. The van der Waals surface area contributed by atoms with Gasteiger partial charge in [-0.05, 0) is 49.2 Å². The first-order valence-corrected chi connectivity index (χ1v) is 9.08. The van der Waals surface area contributed by atoms with Gasteiger partial charge in [0.05, 0.1) is 20.3 Å². The molecular formula is C21H25N3O4. The largest absolute Gasteiger partial charge is 0.493 e. The van der Waals surface area contributed by atoms with Crippen molar-refractivity contribution in [3.05, 3.63) is 47.5 Å². The van der Waals surface area contributed by atoms with Crippen molar-refractivity contribution in [2.45, 2.75) is 26.3 Å². The normalized spacial score (nSPS) is 16.1. The molecule has 0 bridgehead atoms. The molecule has 3 rings (SSSR count). The summed E-state index contributed by atoms with van der Waals surface area (Å²) in [5.74, 6) is 1.10. The zero-order chi connectivity index (χ0) is 20.3. The van der Waals surface area contributed by atoms with E-state index in [4.69, 9.17) is 9.47 Å². The maximum absolute atomic E-state index is 12.5. The van der Waals surface area contributed by atoms with Crippen LogP contribution in [-0.2, 0) is 4.79 Å². The van der Waals surface area contributed by atoms with Gasteiger partial charge >= 0.3 is 6.03 Å². The Morgan fingerprint density at radius 2 is 1.71 bits per heavy atom. The van der Waals surface area contributed by atoms with Crippen molar-refractivity contribution in [1.82, 2.24) is 5.32 Å². The minimum Gasteiger partial charge on any atom is -0.493 e. The first kappa shape index (κ1) is 19.5. The summed E-state index contributed by atoms with van der Waals surface area (Å²) in [6.45, 7) is 4.36. The summed E-state index contributed by atoms with van der Waals surface area (Å²) in [5.41, 5.74) is 3.59. The van der Waals surface area contributed by atoms with Gasteiger partial charge in [0.25, 0.3) is 0 Å². The Hall–Kier alpha value is -3.22. The number of carbonyl (C=O) groups excluding carboxylic acids is 2. The standard InChI is InChI=1S/C21H25N3O4/c1-13-7-14(2)9-15(8-13)22-21(26)23-16-10-20(25)24(12-16)17-5-6-18(27-3)19(11-17)28-4/h5-9,11,16H,10,12H2,1-4H3,(H2,22,23,26)/t16-/m0/s1. The van der Waals surface area contributed by atoms with E-state index in [2.05, 4.69) is 10.6 Å². The van der Waals surface area contributed by atoms with E-state index in [-0.39, 0.29) is 24.4 Å². The predicted molar refractivity (Wildman–Crippen MR) is 108 cm³/mol. The number of carbonyl (C=O) groups is 2. The minimum absolute atomic E-state index is 0.0519. The highest BCUT2D eigenvalue weighted by Crippen LogP contribution is 2.33.